The third-order valence-electron chi connectivity index (χ3n) is 3.08. The number of cyclic esters (lactones) is 1. The van der Waals surface area contributed by atoms with Gasteiger partial charge >= 0.3 is 11.9 Å². The number of hydrogen-bond donors (Lipinski definition) is 0. The molecule has 2 aliphatic rings. The van der Waals surface area contributed by atoms with Crippen molar-refractivity contribution in [2.24, 2.45) is 0 Å². The lowest BCUT2D eigenvalue weighted by Gasteiger charge is -2.15. The van der Waals surface area contributed by atoms with Gasteiger partial charge in [-0.2, -0.15) is 0 Å². The number of rotatable bonds is 3. The molecule has 0 amide bonds. The van der Waals surface area contributed by atoms with Crippen molar-refractivity contribution < 1.29 is 23.8 Å². The van der Waals surface area contributed by atoms with Crippen LogP contribution in [0.2, 0.25) is 0 Å². The number of carbonyl (C=O) groups excluding carboxylic acids is 2. The second-order valence-corrected chi connectivity index (χ2v) is 4.49. The SMILES string of the molecule is CCOC(=O)/C=C1\OC(=O)C2=C1CC/C=C\[C@H](CC)O2. The van der Waals surface area contributed by atoms with Gasteiger partial charge in [-0.15, -0.1) is 0 Å². The fourth-order valence-electron chi connectivity index (χ4n) is 2.09. The molecular formula is C15H18O5. The molecule has 2 heterocycles. The number of hydrogen-bond acceptors (Lipinski definition) is 5. The van der Waals surface area contributed by atoms with Gasteiger partial charge in [-0.3, -0.25) is 0 Å². The molecule has 0 fully saturated rings. The number of ether oxygens (including phenoxy) is 3. The molecule has 0 aliphatic carbocycles. The Morgan fingerprint density at radius 1 is 1.50 bits per heavy atom. The van der Waals surface area contributed by atoms with Gasteiger partial charge in [0, 0.05) is 5.57 Å². The Balaban J connectivity index is 2.27. The molecule has 0 aromatic heterocycles. The average Bonchev–Trinajstić information content (AvgIpc) is 2.64. The standard InChI is InChI=1S/C15H18O5/c1-3-10-7-5-6-8-11-12(9-13(16)18-4-2)20-15(17)14(11)19-10/h5,7,9-10H,3-4,6,8H2,1-2H3/b7-5-,12-9-/t10-/m0/s1. The molecule has 5 heteroatoms. The average molecular weight is 278 g/mol. The molecule has 1 atom stereocenters. The summed E-state index contributed by atoms with van der Waals surface area (Å²) in [5.41, 5.74) is 0.644. The van der Waals surface area contributed by atoms with E-state index in [2.05, 4.69) is 0 Å². The molecule has 0 N–H and O–H groups in total. The van der Waals surface area contributed by atoms with Gasteiger partial charge in [0.15, 0.2) is 0 Å². The van der Waals surface area contributed by atoms with Crippen LogP contribution in [0.1, 0.15) is 33.1 Å². The Kier molecular flexibility index (Phi) is 4.61. The van der Waals surface area contributed by atoms with Crippen molar-refractivity contribution in [3.05, 3.63) is 35.3 Å². The summed E-state index contributed by atoms with van der Waals surface area (Å²) in [6, 6.07) is 0. The van der Waals surface area contributed by atoms with Gasteiger partial charge in [0.05, 0.1) is 12.7 Å². The Labute approximate surface area is 117 Å². The molecule has 5 nitrogen and oxygen atoms in total. The highest BCUT2D eigenvalue weighted by Crippen LogP contribution is 2.33. The van der Waals surface area contributed by atoms with Gasteiger partial charge in [-0.05, 0) is 32.3 Å². The maximum Gasteiger partial charge on any atom is 0.379 e. The Morgan fingerprint density at radius 2 is 2.30 bits per heavy atom. The van der Waals surface area contributed by atoms with Crippen molar-refractivity contribution in [2.75, 3.05) is 6.61 Å². The quantitative estimate of drug-likeness (QED) is 0.450. The van der Waals surface area contributed by atoms with Crippen LogP contribution >= 0.6 is 0 Å². The van der Waals surface area contributed by atoms with Crippen LogP contribution < -0.4 is 0 Å². The lowest BCUT2D eigenvalue weighted by molar-refractivity contribution is -0.138. The number of carbonyl (C=O) groups is 2. The fourth-order valence-corrected chi connectivity index (χ4v) is 2.09. The lowest BCUT2D eigenvalue weighted by atomic mass is 10.1. The van der Waals surface area contributed by atoms with Gasteiger partial charge in [0.25, 0.3) is 0 Å². The summed E-state index contributed by atoms with van der Waals surface area (Å²) in [5.74, 6) is -0.594. The van der Waals surface area contributed by atoms with Crippen molar-refractivity contribution in [3.8, 4) is 0 Å². The summed E-state index contributed by atoms with van der Waals surface area (Å²) < 4.78 is 15.6. The zero-order chi connectivity index (χ0) is 14.5. The molecule has 0 saturated carbocycles. The van der Waals surface area contributed by atoms with Crippen LogP contribution in [0.4, 0.5) is 0 Å². The largest absolute Gasteiger partial charge is 0.479 e. The number of allylic oxidation sites excluding steroid dienone is 2. The van der Waals surface area contributed by atoms with Crippen molar-refractivity contribution in [1.29, 1.82) is 0 Å². The van der Waals surface area contributed by atoms with Crippen molar-refractivity contribution in [3.63, 3.8) is 0 Å². The van der Waals surface area contributed by atoms with E-state index < -0.39 is 11.9 Å². The highest BCUT2D eigenvalue weighted by atomic mass is 16.6. The van der Waals surface area contributed by atoms with E-state index in [4.69, 9.17) is 14.2 Å². The minimum Gasteiger partial charge on any atom is -0.479 e. The predicted octanol–water partition coefficient (Wildman–Crippen LogP) is 2.39. The predicted molar refractivity (Wildman–Crippen MR) is 71.4 cm³/mol. The van der Waals surface area contributed by atoms with E-state index in [1.54, 1.807) is 6.92 Å². The molecular weight excluding hydrogens is 260 g/mol. The van der Waals surface area contributed by atoms with Gasteiger partial charge < -0.3 is 14.2 Å². The van der Waals surface area contributed by atoms with E-state index in [-0.39, 0.29) is 24.2 Å². The van der Waals surface area contributed by atoms with Crippen molar-refractivity contribution in [2.45, 2.75) is 39.2 Å². The van der Waals surface area contributed by atoms with Gasteiger partial charge in [-0.1, -0.05) is 13.0 Å². The Hall–Kier alpha value is -2.04. The molecule has 0 bridgehead atoms. The van der Waals surface area contributed by atoms with E-state index in [1.165, 1.54) is 6.08 Å². The van der Waals surface area contributed by atoms with E-state index in [0.29, 0.717) is 12.0 Å². The van der Waals surface area contributed by atoms with Gasteiger partial charge in [0.2, 0.25) is 5.76 Å². The first-order valence-electron chi connectivity index (χ1n) is 6.83. The lowest BCUT2D eigenvalue weighted by Crippen LogP contribution is -2.14. The van der Waals surface area contributed by atoms with Crippen LogP contribution in [0.15, 0.2) is 35.3 Å². The maximum atomic E-state index is 11.9. The molecule has 0 aromatic rings. The number of esters is 2. The Morgan fingerprint density at radius 3 is 3.00 bits per heavy atom. The normalized spacial score (nSPS) is 25.4. The first-order valence-corrected chi connectivity index (χ1v) is 6.83. The third kappa shape index (κ3) is 3.10. The zero-order valence-corrected chi connectivity index (χ0v) is 11.7. The van der Waals surface area contributed by atoms with E-state index >= 15 is 0 Å². The second kappa shape index (κ2) is 6.41. The van der Waals surface area contributed by atoms with E-state index in [1.807, 2.05) is 19.1 Å². The minimum absolute atomic E-state index is 0.144. The molecule has 2 rings (SSSR count). The maximum absolute atomic E-state index is 11.9. The highest BCUT2D eigenvalue weighted by Gasteiger charge is 2.33. The summed E-state index contributed by atoms with van der Waals surface area (Å²) in [7, 11) is 0. The van der Waals surface area contributed by atoms with Crippen LogP contribution in [0.3, 0.4) is 0 Å². The van der Waals surface area contributed by atoms with Crippen molar-refractivity contribution in [1.82, 2.24) is 0 Å². The topological polar surface area (TPSA) is 61.8 Å². The Bertz CT molecular complexity index is 498. The molecule has 0 saturated heterocycles. The summed E-state index contributed by atoms with van der Waals surface area (Å²) in [6.07, 6.45) is 7.16. The zero-order valence-electron chi connectivity index (χ0n) is 11.7. The van der Waals surface area contributed by atoms with Gasteiger partial charge in [0.1, 0.15) is 11.9 Å². The summed E-state index contributed by atoms with van der Waals surface area (Å²) in [5, 5.41) is 0. The third-order valence-corrected chi connectivity index (χ3v) is 3.08. The first kappa shape index (κ1) is 14.4. The van der Waals surface area contributed by atoms with E-state index in [9.17, 15) is 9.59 Å². The first-order chi connectivity index (χ1) is 9.65. The smallest absolute Gasteiger partial charge is 0.379 e. The van der Waals surface area contributed by atoms with Crippen LogP contribution in [0, 0.1) is 0 Å². The molecule has 0 unspecified atom stereocenters. The summed E-state index contributed by atoms with van der Waals surface area (Å²) in [6.45, 7) is 3.98. The van der Waals surface area contributed by atoms with Crippen LogP contribution in [0.5, 0.6) is 0 Å². The highest BCUT2D eigenvalue weighted by molar-refractivity contribution is 5.94. The monoisotopic (exact) mass is 278 g/mol. The van der Waals surface area contributed by atoms with Crippen molar-refractivity contribution >= 4 is 11.9 Å². The molecule has 20 heavy (non-hydrogen) atoms. The fraction of sp³-hybridized carbons (Fsp3) is 0.467. The van der Waals surface area contributed by atoms with Crippen LogP contribution in [-0.4, -0.2) is 24.6 Å². The van der Waals surface area contributed by atoms with Crippen LogP contribution in [-0.2, 0) is 23.8 Å². The summed E-state index contributed by atoms with van der Waals surface area (Å²) >= 11 is 0. The van der Waals surface area contributed by atoms with Crippen LogP contribution in [0.25, 0.3) is 0 Å². The minimum atomic E-state index is -0.538. The van der Waals surface area contributed by atoms with E-state index in [0.717, 1.165) is 12.8 Å². The second-order valence-electron chi connectivity index (χ2n) is 4.49. The molecule has 0 spiro atoms. The molecule has 2 aliphatic heterocycles. The summed E-state index contributed by atoms with van der Waals surface area (Å²) in [4.78, 5) is 23.3. The molecule has 108 valence electrons. The molecule has 0 aromatic carbocycles. The van der Waals surface area contributed by atoms with Gasteiger partial charge in [-0.25, -0.2) is 9.59 Å². The molecule has 0 radical (unpaired) electrons.